The summed E-state index contributed by atoms with van der Waals surface area (Å²) < 4.78 is 0. The zero-order valence-electron chi connectivity index (χ0n) is 8.52. The van der Waals surface area contributed by atoms with E-state index >= 15 is 0 Å². The van der Waals surface area contributed by atoms with Gasteiger partial charge in [0.1, 0.15) is 10.7 Å². The van der Waals surface area contributed by atoms with Crippen LogP contribution < -0.4 is 0 Å². The molecule has 2 aromatic heterocycles. The lowest BCUT2D eigenvalue weighted by Gasteiger charge is -1.96. The number of hydrogen-bond acceptors (Lipinski definition) is 4. The van der Waals surface area contributed by atoms with Crippen LogP contribution in [0.3, 0.4) is 0 Å². The molecule has 0 aromatic carbocycles. The highest BCUT2D eigenvalue weighted by molar-refractivity contribution is 7.13. The molecule has 0 atom stereocenters. The molecule has 0 spiro atoms. The maximum atomic E-state index is 11.1. The summed E-state index contributed by atoms with van der Waals surface area (Å²) in [4.78, 5) is 19.7. The Morgan fingerprint density at radius 1 is 1.33 bits per heavy atom. The number of aromatic nitrogens is 2. The van der Waals surface area contributed by atoms with Crippen molar-refractivity contribution in [3.63, 3.8) is 0 Å². The molecular formula is C11H10N2OS. The first-order chi connectivity index (χ1) is 7.16. The number of nitrogens with zero attached hydrogens (tertiary/aromatic N) is 2. The monoisotopic (exact) mass is 218 g/mol. The molecule has 3 nitrogen and oxygen atoms in total. The van der Waals surface area contributed by atoms with Crippen LogP contribution in [0.5, 0.6) is 0 Å². The van der Waals surface area contributed by atoms with Gasteiger partial charge in [-0.2, -0.15) is 0 Å². The van der Waals surface area contributed by atoms with E-state index in [-0.39, 0.29) is 5.78 Å². The Kier molecular flexibility index (Phi) is 2.60. The fourth-order valence-corrected chi connectivity index (χ4v) is 2.04. The van der Waals surface area contributed by atoms with Crippen molar-refractivity contribution in [3.05, 3.63) is 35.0 Å². The smallest absolute Gasteiger partial charge is 0.178 e. The van der Waals surface area contributed by atoms with E-state index in [1.165, 1.54) is 18.3 Å². The van der Waals surface area contributed by atoms with Crippen molar-refractivity contribution < 1.29 is 4.79 Å². The zero-order valence-corrected chi connectivity index (χ0v) is 9.34. The van der Waals surface area contributed by atoms with Crippen LogP contribution in [0.15, 0.2) is 23.6 Å². The molecule has 15 heavy (non-hydrogen) atoms. The van der Waals surface area contributed by atoms with Gasteiger partial charge in [0.05, 0.1) is 5.69 Å². The SMILES string of the molecule is CC(=O)c1csc(-c2cccc(C)n2)n1. The second-order valence-electron chi connectivity index (χ2n) is 3.26. The number of aryl methyl sites for hydroxylation is 1. The molecule has 0 aliphatic rings. The minimum absolute atomic E-state index is 0.00912. The Bertz CT molecular complexity index is 505. The van der Waals surface area contributed by atoms with Gasteiger partial charge in [-0.3, -0.25) is 9.78 Å². The third-order valence-corrected chi connectivity index (χ3v) is 2.84. The summed E-state index contributed by atoms with van der Waals surface area (Å²) in [5.41, 5.74) is 2.29. The van der Waals surface area contributed by atoms with Crippen molar-refractivity contribution >= 4 is 17.1 Å². The Balaban J connectivity index is 2.41. The average molecular weight is 218 g/mol. The normalized spacial score (nSPS) is 10.3. The second-order valence-corrected chi connectivity index (χ2v) is 4.12. The van der Waals surface area contributed by atoms with Gasteiger partial charge in [-0.25, -0.2) is 4.98 Å². The molecule has 0 N–H and O–H groups in total. The first kappa shape index (κ1) is 9.98. The molecule has 0 amide bonds. The maximum absolute atomic E-state index is 11.1. The molecular weight excluding hydrogens is 208 g/mol. The fraction of sp³-hybridized carbons (Fsp3) is 0.182. The Morgan fingerprint density at radius 2 is 2.13 bits per heavy atom. The lowest BCUT2D eigenvalue weighted by Crippen LogP contribution is -1.92. The lowest BCUT2D eigenvalue weighted by atomic mass is 10.3. The number of hydrogen-bond donors (Lipinski definition) is 0. The van der Waals surface area contributed by atoms with Gasteiger partial charge in [-0.15, -0.1) is 11.3 Å². The zero-order chi connectivity index (χ0) is 10.8. The van der Waals surface area contributed by atoms with Crippen molar-refractivity contribution in [1.82, 2.24) is 9.97 Å². The molecule has 2 heterocycles. The standard InChI is InChI=1S/C11H10N2OS/c1-7-4-3-5-9(12-7)11-13-10(6-15-11)8(2)14/h3-6H,1-2H3. The molecule has 0 saturated carbocycles. The molecule has 4 heteroatoms. The van der Waals surface area contributed by atoms with Crippen molar-refractivity contribution in [3.8, 4) is 10.7 Å². The number of ketones is 1. The van der Waals surface area contributed by atoms with Gasteiger partial charge < -0.3 is 0 Å². The first-order valence-electron chi connectivity index (χ1n) is 4.57. The van der Waals surface area contributed by atoms with Crippen LogP contribution in [0.25, 0.3) is 10.7 Å². The van der Waals surface area contributed by atoms with E-state index in [1.807, 2.05) is 25.1 Å². The number of Topliss-reactive ketones (excluding diaryl/α,β-unsaturated/α-hetero) is 1. The van der Waals surface area contributed by atoms with Crippen LogP contribution in [0.4, 0.5) is 0 Å². The Labute approximate surface area is 91.8 Å². The summed E-state index contributed by atoms with van der Waals surface area (Å²) in [5, 5.41) is 2.56. The number of thiazole rings is 1. The number of rotatable bonds is 2. The predicted molar refractivity (Wildman–Crippen MR) is 60.1 cm³/mol. The summed E-state index contributed by atoms with van der Waals surface area (Å²) >= 11 is 1.45. The van der Waals surface area contributed by atoms with E-state index in [0.29, 0.717) is 5.69 Å². The van der Waals surface area contributed by atoms with E-state index in [9.17, 15) is 4.79 Å². The molecule has 0 bridgehead atoms. The summed E-state index contributed by atoms with van der Waals surface area (Å²) in [6.45, 7) is 3.45. The van der Waals surface area contributed by atoms with E-state index in [4.69, 9.17) is 0 Å². The molecule has 0 fully saturated rings. The van der Waals surface area contributed by atoms with Gasteiger partial charge >= 0.3 is 0 Å². The number of carbonyl (C=O) groups is 1. The maximum Gasteiger partial charge on any atom is 0.178 e. The molecule has 0 saturated heterocycles. The van der Waals surface area contributed by atoms with Crippen molar-refractivity contribution in [2.24, 2.45) is 0 Å². The topological polar surface area (TPSA) is 42.9 Å². The molecule has 76 valence electrons. The number of carbonyl (C=O) groups excluding carboxylic acids is 1. The van der Waals surface area contributed by atoms with Gasteiger partial charge in [-0.1, -0.05) is 6.07 Å². The fourth-order valence-electron chi connectivity index (χ4n) is 1.22. The van der Waals surface area contributed by atoms with Gasteiger partial charge in [-0.05, 0) is 19.1 Å². The summed E-state index contributed by atoms with van der Waals surface area (Å²) in [5.74, 6) is -0.00912. The van der Waals surface area contributed by atoms with Crippen LogP contribution >= 0.6 is 11.3 Å². The summed E-state index contributed by atoms with van der Waals surface area (Å²) in [6, 6.07) is 5.77. The third kappa shape index (κ3) is 2.10. The third-order valence-electron chi connectivity index (χ3n) is 1.97. The quantitative estimate of drug-likeness (QED) is 0.728. The number of pyridine rings is 1. The molecule has 0 radical (unpaired) electrons. The predicted octanol–water partition coefficient (Wildman–Crippen LogP) is 2.72. The van der Waals surface area contributed by atoms with E-state index < -0.39 is 0 Å². The second kappa shape index (κ2) is 3.90. The van der Waals surface area contributed by atoms with Gasteiger partial charge in [0, 0.05) is 18.0 Å². The summed E-state index contributed by atoms with van der Waals surface area (Å²) in [7, 11) is 0. The van der Waals surface area contributed by atoms with Crippen LogP contribution in [-0.2, 0) is 0 Å². The minimum Gasteiger partial charge on any atom is -0.293 e. The molecule has 2 aromatic rings. The van der Waals surface area contributed by atoms with E-state index in [0.717, 1.165) is 16.4 Å². The van der Waals surface area contributed by atoms with Crippen LogP contribution in [-0.4, -0.2) is 15.8 Å². The van der Waals surface area contributed by atoms with Crippen molar-refractivity contribution in [2.75, 3.05) is 0 Å². The van der Waals surface area contributed by atoms with E-state index in [2.05, 4.69) is 9.97 Å². The highest BCUT2D eigenvalue weighted by Crippen LogP contribution is 2.21. The van der Waals surface area contributed by atoms with Crippen molar-refractivity contribution in [2.45, 2.75) is 13.8 Å². The van der Waals surface area contributed by atoms with Crippen LogP contribution in [0, 0.1) is 6.92 Å². The highest BCUT2D eigenvalue weighted by atomic mass is 32.1. The van der Waals surface area contributed by atoms with Gasteiger partial charge in [0.15, 0.2) is 5.78 Å². The van der Waals surface area contributed by atoms with Gasteiger partial charge in [0.2, 0.25) is 0 Å². The molecule has 0 unspecified atom stereocenters. The lowest BCUT2D eigenvalue weighted by molar-refractivity contribution is 0.101. The van der Waals surface area contributed by atoms with E-state index in [1.54, 1.807) is 5.38 Å². The Morgan fingerprint density at radius 3 is 2.73 bits per heavy atom. The molecule has 2 rings (SSSR count). The minimum atomic E-state index is -0.00912. The van der Waals surface area contributed by atoms with Crippen molar-refractivity contribution in [1.29, 1.82) is 0 Å². The first-order valence-corrected chi connectivity index (χ1v) is 5.45. The van der Waals surface area contributed by atoms with Crippen LogP contribution in [0.1, 0.15) is 23.1 Å². The van der Waals surface area contributed by atoms with Gasteiger partial charge in [0.25, 0.3) is 0 Å². The van der Waals surface area contributed by atoms with Crippen LogP contribution in [0.2, 0.25) is 0 Å². The average Bonchev–Trinajstić information content (AvgIpc) is 2.66. The largest absolute Gasteiger partial charge is 0.293 e. The summed E-state index contributed by atoms with van der Waals surface area (Å²) in [6.07, 6.45) is 0. The Hall–Kier alpha value is -1.55. The highest BCUT2D eigenvalue weighted by Gasteiger charge is 2.08. The molecule has 0 aliphatic heterocycles. The molecule has 0 aliphatic carbocycles.